The number of alkyl halides is 2. The van der Waals surface area contributed by atoms with E-state index in [1.807, 2.05) is 13.8 Å². The van der Waals surface area contributed by atoms with Crippen LogP contribution in [0.25, 0.3) is 0 Å². The highest BCUT2D eigenvalue weighted by atomic mass is 32.2. The maximum absolute atomic E-state index is 12.7. The maximum atomic E-state index is 12.7. The third-order valence-corrected chi connectivity index (χ3v) is 3.06. The molecule has 0 aliphatic rings. The first-order valence-corrected chi connectivity index (χ1v) is 7.01. The quantitative estimate of drug-likeness (QED) is 0.421. The second-order valence-electron chi connectivity index (χ2n) is 4.41. The zero-order valence-electron chi connectivity index (χ0n) is 10.4. The summed E-state index contributed by atoms with van der Waals surface area (Å²) in [5.74, 6) is -0.410. The molecule has 0 fully saturated rings. The molecule has 0 radical (unpaired) electrons. The van der Waals surface area contributed by atoms with Gasteiger partial charge in [-0.2, -0.15) is 17.2 Å². The van der Waals surface area contributed by atoms with Gasteiger partial charge in [-0.1, -0.05) is 26.7 Å². The molecule has 0 heterocycles. The van der Waals surface area contributed by atoms with Gasteiger partial charge < -0.3 is 4.74 Å². The van der Waals surface area contributed by atoms with Crippen molar-refractivity contribution in [2.45, 2.75) is 44.8 Å². The summed E-state index contributed by atoms with van der Waals surface area (Å²) in [6.45, 7) is 2.38. The fraction of sp³-hybridized carbons (Fsp3) is 0.900. The van der Waals surface area contributed by atoms with Crippen LogP contribution in [0, 0.1) is 5.92 Å². The summed E-state index contributed by atoms with van der Waals surface area (Å²) in [4.78, 5) is 11.0. The lowest BCUT2D eigenvalue weighted by molar-refractivity contribution is -0.149. The molecule has 0 aliphatic heterocycles. The molecule has 0 aromatic heterocycles. The lowest BCUT2D eigenvalue weighted by Crippen LogP contribution is -2.34. The summed E-state index contributed by atoms with van der Waals surface area (Å²) >= 11 is 0. The molecule has 1 N–H and O–H groups in total. The van der Waals surface area contributed by atoms with Gasteiger partial charge in [0, 0.05) is 6.42 Å². The molecule has 0 saturated carbocycles. The van der Waals surface area contributed by atoms with Crippen molar-refractivity contribution in [3.05, 3.63) is 0 Å². The Bertz CT molecular complexity index is 364. The number of ether oxygens (including phenoxy) is 1. The minimum Gasteiger partial charge on any atom is -0.458 e. The molecule has 0 aliphatic carbocycles. The third kappa shape index (κ3) is 6.85. The lowest BCUT2D eigenvalue weighted by Gasteiger charge is -2.12. The minimum atomic E-state index is -5.54. The minimum absolute atomic E-state index is 0.0473. The first-order chi connectivity index (χ1) is 8.06. The third-order valence-electron chi connectivity index (χ3n) is 2.19. The van der Waals surface area contributed by atoms with Crippen LogP contribution in [0.5, 0.6) is 0 Å². The predicted octanol–water partition coefficient (Wildman–Crippen LogP) is 2.23. The fourth-order valence-electron chi connectivity index (χ4n) is 1.13. The molecule has 0 rings (SSSR count). The van der Waals surface area contributed by atoms with E-state index in [0.29, 0.717) is 12.3 Å². The van der Waals surface area contributed by atoms with Crippen LogP contribution >= 0.6 is 0 Å². The highest BCUT2D eigenvalue weighted by Crippen LogP contribution is 2.21. The van der Waals surface area contributed by atoms with Crippen LogP contribution in [-0.2, 0) is 19.6 Å². The van der Waals surface area contributed by atoms with Crippen molar-refractivity contribution >= 4 is 16.1 Å². The maximum Gasteiger partial charge on any atom is 0.402 e. The molecular formula is C10H18F2O5S. The molecule has 0 spiro atoms. The van der Waals surface area contributed by atoms with Gasteiger partial charge in [0.2, 0.25) is 0 Å². The summed E-state index contributed by atoms with van der Waals surface area (Å²) in [6, 6.07) is 0. The Morgan fingerprint density at radius 1 is 1.33 bits per heavy atom. The zero-order chi connectivity index (χ0) is 14.4. The summed E-state index contributed by atoms with van der Waals surface area (Å²) in [7, 11) is -5.54. The van der Waals surface area contributed by atoms with Crippen molar-refractivity contribution in [2.75, 3.05) is 6.61 Å². The van der Waals surface area contributed by atoms with E-state index >= 15 is 0 Å². The molecule has 0 amide bonds. The second kappa shape index (κ2) is 6.98. The van der Waals surface area contributed by atoms with E-state index < -0.39 is 27.9 Å². The lowest BCUT2D eigenvalue weighted by atomic mass is 10.1. The van der Waals surface area contributed by atoms with E-state index in [2.05, 4.69) is 4.74 Å². The first kappa shape index (κ1) is 17.2. The standard InChI is InChI=1S/C10H18F2O5S/c1-8(2)5-3-4-6-9(13)17-7-10(11,12)18(14,15)16/h8H,3-7H2,1-2H3,(H,14,15,16). The van der Waals surface area contributed by atoms with Crippen molar-refractivity contribution in [2.24, 2.45) is 5.92 Å². The average Bonchev–Trinajstić information content (AvgIpc) is 2.19. The van der Waals surface area contributed by atoms with Crippen LogP contribution in [0.1, 0.15) is 39.5 Å². The van der Waals surface area contributed by atoms with Crippen LogP contribution in [0.15, 0.2) is 0 Å². The molecule has 0 atom stereocenters. The smallest absolute Gasteiger partial charge is 0.402 e. The average molecular weight is 288 g/mol. The van der Waals surface area contributed by atoms with Gasteiger partial charge >= 0.3 is 21.3 Å². The summed E-state index contributed by atoms with van der Waals surface area (Å²) in [6.07, 6.45) is 2.12. The number of unbranched alkanes of at least 4 members (excludes halogenated alkanes) is 1. The van der Waals surface area contributed by atoms with Gasteiger partial charge in [0.1, 0.15) is 0 Å². The number of hydrogen-bond donors (Lipinski definition) is 1. The molecule has 0 bridgehead atoms. The Hall–Kier alpha value is -0.760. The van der Waals surface area contributed by atoms with Crippen molar-refractivity contribution in [1.82, 2.24) is 0 Å². The molecule has 108 valence electrons. The SMILES string of the molecule is CC(C)CCCCC(=O)OCC(F)(F)S(=O)(=O)O. The number of hydrogen-bond acceptors (Lipinski definition) is 4. The van der Waals surface area contributed by atoms with Crippen LogP contribution in [0.2, 0.25) is 0 Å². The van der Waals surface area contributed by atoms with Gasteiger partial charge in [-0.25, -0.2) is 0 Å². The summed E-state index contributed by atoms with van der Waals surface area (Å²) in [5, 5.41) is -4.46. The van der Waals surface area contributed by atoms with Gasteiger partial charge in [0.25, 0.3) is 0 Å². The van der Waals surface area contributed by atoms with E-state index in [1.165, 1.54) is 0 Å². The van der Waals surface area contributed by atoms with E-state index in [9.17, 15) is 22.0 Å². The second-order valence-corrected chi connectivity index (χ2v) is 5.96. The highest BCUT2D eigenvalue weighted by Gasteiger charge is 2.45. The van der Waals surface area contributed by atoms with Gasteiger partial charge in [0.05, 0.1) is 0 Å². The van der Waals surface area contributed by atoms with Crippen LogP contribution in [0.4, 0.5) is 8.78 Å². The van der Waals surface area contributed by atoms with E-state index in [0.717, 1.165) is 12.8 Å². The molecule has 0 unspecified atom stereocenters. The van der Waals surface area contributed by atoms with Crippen molar-refractivity contribution in [3.63, 3.8) is 0 Å². The summed E-state index contributed by atoms with van der Waals surface area (Å²) < 4.78 is 58.0. The Balaban J connectivity index is 3.91. The fourth-order valence-corrected chi connectivity index (χ4v) is 1.34. The molecule has 8 heteroatoms. The van der Waals surface area contributed by atoms with Gasteiger partial charge in [-0.05, 0) is 12.3 Å². The van der Waals surface area contributed by atoms with Crippen LogP contribution in [0.3, 0.4) is 0 Å². The molecule has 0 saturated heterocycles. The van der Waals surface area contributed by atoms with Gasteiger partial charge in [-0.15, -0.1) is 0 Å². The molecule has 0 aromatic carbocycles. The van der Waals surface area contributed by atoms with E-state index in [1.54, 1.807) is 0 Å². The van der Waals surface area contributed by atoms with Gasteiger partial charge in [0.15, 0.2) is 6.61 Å². The summed E-state index contributed by atoms with van der Waals surface area (Å²) in [5.41, 5.74) is 0. The normalized spacial score (nSPS) is 12.8. The van der Waals surface area contributed by atoms with Gasteiger partial charge in [-0.3, -0.25) is 9.35 Å². The molecule has 18 heavy (non-hydrogen) atoms. The largest absolute Gasteiger partial charge is 0.458 e. The Morgan fingerprint density at radius 2 is 1.89 bits per heavy atom. The van der Waals surface area contributed by atoms with Crippen LogP contribution < -0.4 is 0 Å². The topological polar surface area (TPSA) is 80.7 Å². The van der Waals surface area contributed by atoms with Crippen molar-refractivity contribution in [1.29, 1.82) is 0 Å². The number of rotatable bonds is 8. The zero-order valence-corrected chi connectivity index (χ0v) is 11.2. The Kier molecular flexibility index (Phi) is 6.69. The van der Waals surface area contributed by atoms with Crippen LogP contribution in [-0.4, -0.2) is 30.8 Å². The van der Waals surface area contributed by atoms with Crippen molar-refractivity contribution < 1.29 is 31.3 Å². The van der Waals surface area contributed by atoms with E-state index in [4.69, 9.17) is 4.55 Å². The first-order valence-electron chi connectivity index (χ1n) is 5.56. The number of esters is 1. The number of carbonyl (C=O) groups excluding carboxylic acids is 1. The number of halogens is 2. The monoisotopic (exact) mass is 288 g/mol. The Labute approximate surface area is 105 Å². The molecule has 5 nitrogen and oxygen atoms in total. The molecular weight excluding hydrogens is 270 g/mol. The highest BCUT2D eigenvalue weighted by molar-refractivity contribution is 7.86. The van der Waals surface area contributed by atoms with Crippen molar-refractivity contribution in [3.8, 4) is 0 Å². The number of carbonyl (C=O) groups is 1. The Morgan fingerprint density at radius 3 is 2.33 bits per heavy atom. The molecule has 0 aromatic rings. The van der Waals surface area contributed by atoms with E-state index in [-0.39, 0.29) is 6.42 Å². The predicted molar refractivity (Wildman–Crippen MR) is 60.8 cm³/mol.